The fourth-order valence-electron chi connectivity index (χ4n) is 4.24. The number of nitrogens with zero attached hydrogens (tertiary/aromatic N) is 2. The van der Waals surface area contributed by atoms with Gasteiger partial charge in [-0.15, -0.1) is 11.3 Å². The zero-order valence-corrected chi connectivity index (χ0v) is 22.1. The lowest BCUT2D eigenvalue weighted by molar-refractivity contribution is 0.408. The van der Waals surface area contributed by atoms with Crippen LogP contribution in [0.5, 0.6) is 5.75 Å². The quantitative estimate of drug-likeness (QED) is 0.268. The highest BCUT2D eigenvalue weighted by molar-refractivity contribution is 7.10. The number of halogens is 1. The normalized spacial score (nSPS) is 12.4. The maximum absolute atomic E-state index is 6.60. The Morgan fingerprint density at radius 1 is 1.12 bits per heavy atom. The van der Waals surface area contributed by atoms with Crippen molar-refractivity contribution < 1.29 is 4.74 Å². The third-order valence-corrected chi connectivity index (χ3v) is 7.37. The van der Waals surface area contributed by atoms with Crippen LogP contribution in [0.1, 0.15) is 54.6 Å². The van der Waals surface area contributed by atoms with Crippen LogP contribution in [0.4, 0.5) is 5.82 Å². The lowest BCUT2D eigenvalue weighted by Crippen LogP contribution is -2.09. The fourth-order valence-corrected chi connectivity index (χ4v) is 5.45. The molecule has 0 unspecified atom stereocenters. The van der Waals surface area contributed by atoms with Crippen molar-refractivity contribution in [3.8, 4) is 16.9 Å². The van der Waals surface area contributed by atoms with Crippen molar-refractivity contribution in [1.82, 2.24) is 15.3 Å². The molecule has 34 heavy (non-hydrogen) atoms. The van der Waals surface area contributed by atoms with Crippen molar-refractivity contribution in [3.05, 3.63) is 68.6 Å². The number of nitrogens with one attached hydrogen (secondary N) is 2. The average Bonchev–Trinajstić information content (AvgIpc) is 3.28. The number of thiophene rings is 1. The smallest absolute Gasteiger partial charge is 0.138 e. The number of ether oxygens (including phenoxy) is 1. The molecule has 0 saturated carbocycles. The first kappa shape index (κ1) is 24.5. The zero-order valence-electron chi connectivity index (χ0n) is 20.5. The van der Waals surface area contributed by atoms with Gasteiger partial charge in [-0.2, -0.15) is 0 Å². The number of aryl methyl sites for hydroxylation is 1. The monoisotopic (exact) mass is 494 g/mol. The van der Waals surface area contributed by atoms with Crippen LogP contribution in [-0.4, -0.2) is 24.1 Å². The Kier molecular flexibility index (Phi) is 7.41. The van der Waals surface area contributed by atoms with Gasteiger partial charge in [-0.3, -0.25) is 0 Å². The van der Waals surface area contributed by atoms with Crippen LogP contribution < -0.4 is 15.4 Å². The third-order valence-electron chi connectivity index (χ3n) is 5.94. The van der Waals surface area contributed by atoms with Gasteiger partial charge in [0.15, 0.2) is 0 Å². The second-order valence-corrected chi connectivity index (χ2v) is 10.1. The Morgan fingerprint density at radius 3 is 2.62 bits per heavy atom. The Balaban J connectivity index is 1.69. The maximum Gasteiger partial charge on any atom is 0.138 e. The van der Waals surface area contributed by atoms with E-state index in [1.54, 1.807) is 18.4 Å². The maximum atomic E-state index is 6.60. The minimum absolute atomic E-state index is 0.0658. The van der Waals surface area contributed by atoms with Gasteiger partial charge >= 0.3 is 0 Å². The first-order valence-electron chi connectivity index (χ1n) is 11.5. The van der Waals surface area contributed by atoms with Gasteiger partial charge in [-0.05, 0) is 67.1 Å². The first-order valence-corrected chi connectivity index (χ1v) is 12.7. The Labute approximate surface area is 210 Å². The molecule has 2 N–H and O–H groups in total. The topological polar surface area (TPSA) is 59.1 Å². The SMILES string of the molecule is CNCc1cccc(Cl)c1-c1csc([C@@H](C)Nc2nc(C)nc3cc(OC)c(C(C)C)cc23)c1. The number of hydrogen-bond donors (Lipinski definition) is 2. The van der Waals surface area contributed by atoms with Crippen LogP contribution >= 0.6 is 22.9 Å². The second-order valence-electron chi connectivity index (χ2n) is 8.79. The van der Waals surface area contributed by atoms with Crippen molar-refractivity contribution in [2.45, 2.75) is 46.2 Å². The Morgan fingerprint density at radius 2 is 1.91 bits per heavy atom. The highest BCUT2D eigenvalue weighted by Crippen LogP contribution is 2.38. The van der Waals surface area contributed by atoms with E-state index in [0.717, 1.165) is 56.6 Å². The summed E-state index contributed by atoms with van der Waals surface area (Å²) in [6.07, 6.45) is 0. The molecular formula is C27H31ClN4OS. The van der Waals surface area contributed by atoms with Crippen LogP contribution in [0, 0.1) is 6.92 Å². The molecule has 5 nitrogen and oxygen atoms in total. The molecule has 0 bridgehead atoms. The number of rotatable bonds is 8. The Bertz CT molecular complexity index is 1320. The number of aromatic nitrogens is 2. The molecule has 0 radical (unpaired) electrons. The molecule has 1 atom stereocenters. The van der Waals surface area contributed by atoms with Gasteiger partial charge in [0.1, 0.15) is 17.4 Å². The number of fused-ring (bicyclic) bond motifs is 1. The van der Waals surface area contributed by atoms with Gasteiger partial charge in [-0.25, -0.2) is 9.97 Å². The Hall–Kier alpha value is -2.67. The van der Waals surface area contributed by atoms with Gasteiger partial charge in [0, 0.05) is 33.5 Å². The summed E-state index contributed by atoms with van der Waals surface area (Å²) in [6, 6.07) is 12.5. The highest BCUT2D eigenvalue weighted by Gasteiger charge is 2.18. The molecule has 4 rings (SSSR count). The average molecular weight is 495 g/mol. The molecule has 178 valence electrons. The number of hydrogen-bond acceptors (Lipinski definition) is 6. The van der Waals surface area contributed by atoms with Gasteiger partial charge in [-0.1, -0.05) is 37.6 Å². The largest absolute Gasteiger partial charge is 0.496 e. The first-order chi connectivity index (χ1) is 16.3. The predicted octanol–water partition coefficient (Wildman–Crippen LogP) is 7.34. The van der Waals surface area contributed by atoms with E-state index >= 15 is 0 Å². The molecule has 0 amide bonds. The minimum Gasteiger partial charge on any atom is -0.496 e. The van der Waals surface area contributed by atoms with Crippen molar-refractivity contribution in [3.63, 3.8) is 0 Å². The van der Waals surface area contributed by atoms with Crippen LogP contribution in [0.25, 0.3) is 22.0 Å². The summed E-state index contributed by atoms with van der Waals surface area (Å²) < 4.78 is 5.63. The van der Waals surface area contributed by atoms with E-state index in [1.165, 1.54) is 10.4 Å². The summed E-state index contributed by atoms with van der Waals surface area (Å²) in [7, 11) is 3.65. The predicted molar refractivity (Wildman–Crippen MR) is 144 cm³/mol. The zero-order chi connectivity index (χ0) is 24.4. The molecule has 2 heterocycles. The highest BCUT2D eigenvalue weighted by atomic mass is 35.5. The van der Waals surface area contributed by atoms with E-state index in [9.17, 15) is 0 Å². The summed E-state index contributed by atoms with van der Waals surface area (Å²) in [5.74, 6) is 2.75. The van der Waals surface area contributed by atoms with Gasteiger partial charge in [0.25, 0.3) is 0 Å². The van der Waals surface area contributed by atoms with E-state index in [2.05, 4.69) is 60.0 Å². The molecule has 0 saturated heterocycles. The van der Waals surface area contributed by atoms with Gasteiger partial charge < -0.3 is 15.4 Å². The number of methoxy groups -OCH3 is 1. The van der Waals surface area contributed by atoms with Crippen LogP contribution in [-0.2, 0) is 6.54 Å². The lowest BCUT2D eigenvalue weighted by atomic mass is 9.99. The molecule has 0 fully saturated rings. The molecule has 0 aliphatic rings. The van der Waals surface area contributed by atoms with Crippen molar-refractivity contribution in [2.24, 2.45) is 0 Å². The molecule has 4 aromatic rings. The summed E-state index contributed by atoms with van der Waals surface area (Å²) in [6.45, 7) is 9.18. The number of benzene rings is 2. The fraction of sp³-hybridized carbons (Fsp3) is 0.333. The van der Waals surface area contributed by atoms with Crippen LogP contribution in [0.3, 0.4) is 0 Å². The van der Waals surface area contributed by atoms with Crippen LogP contribution in [0.2, 0.25) is 5.02 Å². The second kappa shape index (κ2) is 10.3. The van der Waals surface area contributed by atoms with Crippen molar-refractivity contribution >= 4 is 39.7 Å². The van der Waals surface area contributed by atoms with Gasteiger partial charge in [0.2, 0.25) is 0 Å². The molecular weight excluding hydrogens is 464 g/mol. The van der Waals surface area contributed by atoms with E-state index in [1.807, 2.05) is 32.2 Å². The van der Waals surface area contributed by atoms with E-state index in [0.29, 0.717) is 5.92 Å². The number of anilines is 1. The van der Waals surface area contributed by atoms with E-state index in [4.69, 9.17) is 21.3 Å². The summed E-state index contributed by atoms with van der Waals surface area (Å²) >= 11 is 8.33. The molecule has 0 spiro atoms. The van der Waals surface area contributed by atoms with Gasteiger partial charge in [0.05, 0.1) is 18.7 Å². The molecule has 0 aliphatic heterocycles. The summed E-state index contributed by atoms with van der Waals surface area (Å²) in [5.41, 5.74) is 5.44. The van der Waals surface area contributed by atoms with Crippen molar-refractivity contribution in [2.75, 3.05) is 19.5 Å². The molecule has 2 aromatic heterocycles. The minimum atomic E-state index is 0.0658. The molecule has 0 aliphatic carbocycles. The van der Waals surface area contributed by atoms with E-state index in [-0.39, 0.29) is 6.04 Å². The van der Waals surface area contributed by atoms with E-state index < -0.39 is 0 Å². The van der Waals surface area contributed by atoms with Crippen LogP contribution in [0.15, 0.2) is 41.8 Å². The summed E-state index contributed by atoms with van der Waals surface area (Å²) in [5, 5.41) is 10.8. The molecule has 7 heteroatoms. The molecule has 2 aromatic carbocycles. The third kappa shape index (κ3) is 4.90. The lowest BCUT2D eigenvalue weighted by Gasteiger charge is -2.18. The summed E-state index contributed by atoms with van der Waals surface area (Å²) in [4.78, 5) is 10.6. The standard InChI is InChI=1S/C27H31ClN4OS/c1-15(2)20-11-21-23(12-24(20)33-6)31-17(4)32-27(21)30-16(3)25-10-19(14-34-25)26-18(13-29-5)8-7-9-22(26)28/h7-12,14-16,29H,13H2,1-6H3,(H,30,31,32)/t16-/m1/s1. The van der Waals surface area contributed by atoms with Crippen molar-refractivity contribution in [1.29, 1.82) is 0 Å².